The van der Waals surface area contributed by atoms with Gasteiger partial charge in [0.2, 0.25) is 0 Å². The van der Waals surface area contributed by atoms with Gasteiger partial charge >= 0.3 is 0 Å². The van der Waals surface area contributed by atoms with Crippen LogP contribution in [0.1, 0.15) is 12.8 Å². The molecule has 0 amide bonds. The lowest BCUT2D eigenvalue weighted by atomic mass is 10.2. The number of Topliss-reactive ketones (excluding diaryl/α,β-unsaturated/α-hetero) is 1. The maximum Gasteiger partial charge on any atom is 0.140 e. The molecule has 0 bridgehead atoms. The van der Waals surface area contributed by atoms with E-state index in [0.717, 1.165) is 0 Å². The van der Waals surface area contributed by atoms with Gasteiger partial charge in [0.1, 0.15) is 5.78 Å². The van der Waals surface area contributed by atoms with Crippen LogP contribution in [0.5, 0.6) is 0 Å². The maximum atomic E-state index is 11.7. The minimum absolute atomic E-state index is 0.231. The molecule has 0 aliphatic carbocycles. The van der Waals surface area contributed by atoms with Crippen molar-refractivity contribution in [2.24, 2.45) is 0 Å². The second-order valence-corrected chi connectivity index (χ2v) is 6.51. The highest BCUT2D eigenvalue weighted by molar-refractivity contribution is 8.02. The zero-order valence-electron chi connectivity index (χ0n) is 12.2. The first-order chi connectivity index (χ1) is 10.8. The van der Waals surface area contributed by atoms with Crippen molar-refractivity contribution >= 4 is 29.3 Å². The van der Waals surface area contributed by atoms with Crippen LogP contribution in [0.4, 0.5) is 0 Å². The number of rotatable bonds is 8. The van der Waals surface area contributed by atoms with E-state index in [-0.39, 0.29) is 5.78 Å². The summed E-state index contributed by atoms with van der Waals surface area (Å²) in [7, 11) is 0. The summed E-state index contributed by atoms with van der Waals surface area (Å²) in [6, 6.07) is 20.3. The van der Waals surface area contributed by atoms with Crippen molar-refractivity contribution in [3.63, 3.8) is 0 Å². The van der Waals surface area contributed by atoms with Crippen LogP contribution in [0.15, 0.2) is 93.4 Å². The third-order valence-corrected chi connectivity index (χ3v) is 4.52. The number of carbonyl (C=O) groups excluding carboxylic acids is 1. The van der Waals surface area contributed by atoms with Crippen molar-refractivity contribution in [1.29, 1.82) is 0 Å². The Hall–Kier alpha value is -1.71. The first-order valence-electron chi connectivity index (χ1n) is 7.10. The van der Waals surface area contributed by atoms with Gasteiger partial charge in [0, 0.05) is 22.6 Å². The van der Waals surface area contributed by atoms with Gasteiger partial charge in [0.25, 0.3) is 0 Å². The summed E-state index contributed by atoms with van der Waals surface area (Å²) >= 11 is 3.27. The second-order valence-electron chi connectivity index (χ2n) is 4.55. The highest BCUT2D eigenvalue weighted by Gasteiger charge is 1.95. The molecule has 0 heterocycles. The minimum atomic E-state index is 0.231. The third-order valence-electron chi connectivity index (χ3n) is 2.78. The average Bonchev–Trinajstić information content (AvgIpc) is 2.57. The van der Waals surface area contributed by atoms with E-state index in [1.165, 1.54) is 9.79 Å². The zero-order valence-corrected chi connectivity index (χ0v) is 13.9. The highest BCUT2D eigenvalue weighted by Crippen LogP contribution is 2.19. The Labute approximate surface area is 140 Å². The fourth-order valence-corrected chi connectivity index (χ4v) is 3.02. The average molecular weight is 326 g/mol. The largest absolute Gasteiger partial charge is 0.299 e. The van der Waals surface area contributed by atoms with Gasteiger partial charge in [-0.1, -0.05) is 72.1 Å². The van der Waals surface area contributed by atoms with E-state index in [2.05, 4.69) is 24.3 Å². The molecule has 0 fully saturated rings. The predicted molar refractivity (Wildman–Crippen MR) is 97.1 cm³/mol. The minimum Gasteiger partial charge on any atom is -0.299 e. The van der Waals surface area contributed by atoms with Crippen LogP contribution >= 0.6 is 23.5 Å². The van der Waals surface area contributed by atoms with E-state index in [1.807, 2.05) is 59.4 Å². The monoisotopic (exact) mass is 326 g/mol. The number of allylic oxidation sites excluding steroid dienone is 2. The smallest absolute Gasteiger partial charge is 0.140 e. The molecule has 0 saturated carbocycles. The Kier molecular flexibility index (Phi) is 7.64. The molecule has 0 aromatic heterocycles. The third kappa shape index (κ3) is 6.83. The van der Waals surface area contributed by atoms with Crippen LogP contribution in [0.25, 0.3) is 0 Å². The van der Waals surface area contributed by atoms with Crippen LogP contribution in [0.2, 0.25) is 0 Å². The van der Waals surface area contributed by atoms with Gasteiger partial charge in [-0.15, -0.1) is 0 Å². The van der Waals surface area contributed by atoms with Gasteiger partial charge in [-0.25, -0.2) is 0 Å². The molecule has 0 unspecified atom stereocenters. The van der Waals surface area contributed by atoms with E-state index >= 15 is 0 Å². The second kappa shape index (κ2) is 10.1. The quantitative estimate of drug-likeness (QED) is 0.558. The Morgan fingerprint density at radius 1 is 0.727 bits per heavy atom. The number of thioether (sulfide) groups is 2. The molecule has 0 spiro atoms. The van der Waals surface area contributed by atoms with Crippen LogP contribution in [-0.2, 0) is 4.79 Å². The fraction of sp³-hybridized carbons (Fsp3) is 0.105. The topological polar surface area (TPSA) is 17.1 Å². The SMILES string of the molecule is O=C(CC=CSc1ccccc1)CC=CSc1ccccc1. The van der Waals surface area contributed by atoms with Crippen molar-refractivity contribution in [2.75, 3.05) is 0 Å². The Balaban J connectivity index is 1.63. The van der Waals surface area contributed by atoms with E-state index in [0.29, 0.717) is 12.8 Å². The van der Waals surface area contributed by atoms with E-state index in [9.17, 15) is 4.79 Å². The zero-order chi connectivity index (χ0) is 15.5. The van der Waals surface area contributed by atoms with E-state index < -0.39 is 0 Å². The predicted octanol–water partition coefficient (Wildman–Crippen LogP) is 5.95. The van der Waals surface area contributed by atoms with Crippen LogP contribution < -0.4 is 0 Å². The first-order valence-corrected chi connectivity index (χ1v) is 8.85. The van der Waals surface area contributed by atoms with Gasteiger partial charge in [-0.05, 0) is 35.1 Å². The number of hydrogen-bond donors (Lipinski definition) is 0. The molecule has 2 rings (SSSR count). The molecular formula is C19H18OS2. The molecule has 0 saturated heterocycles. The normalized spacial score (nSPS) is 11.3. The molecule has 2 aromatic carbocycles. The summed E-state index contributed by atoms with van der Waals surface area (Å²) < 4.78 is 0. The van der Waals surface area contributed by atoms with Crippen molar-refractivity contribution in [2.45, 2.75) is 22.6 Å². The van der Waals surface area contributed by atoms with Gasteiger partial charge in [0.15, 0.2) is 0 Å². The maximum absolute atomic E-state index is 11.7. The summed E-state index contributed by atoms with van der Waals surface area (Å²) in [4.78, 5) is 14.1. The molecule has 0 aliphatic rings. The summed E-state index contributed by atoms with van der Waals surface area (Å²) in [5.74, 6) is 0.231. The van der Waals surface area contributed by atoms with Crippen molar-refractivity contribution < 1.29 is 4.79 Å². The Morgan fingerprint density at radius 2 is 1.14 bits per heavy atom. The molecule has 2 aromatic rings. The fourth-order valence-electron chi connectivity index (χ4n) is 1.69. The lowest BCUT2D eigenvalue weighted by molar-refractivity contribution is -0.117. The molecule has 22 heavy (non-hydrogen) atoms. The van der Waals surface area contributed by atoms with Gasteiger partial charge in [0.05, 0.1) is 0 Å². The molecule has 0 radical (unpaired) electrons. The Morgan fingerprint density at radius 3 is 1.55 bits per heavy atom. The molecular weight excluding hydrogens is 308 g/mol. The summed E-state index contributed by atoms with van der Waals surface area (Å²) in [6.45, 7) is 0. The Bertz CT molecular complexity index is 563. The highest BCUT2D eigenvalue weighted by atomic mass is 32.2. The van der Waals surface area contributed by atoms with E-state index in [4.69, 9.17) is 0 Å². The number of carbonyl (C=O) groups is 1. The molecule has 0 N–H and O–H groups in total. The summed E-state index contributed by atoms with van der Waals surface area (Å²) in [6.07, 6.45) is 4.83. The van der Waals surface area contributed by atoms with Crippen molar-refractivity contribution in [1.82, 2.24) is 0 Å². The number of hydrogen-bond acceptors (Lipinski definition) is 3. The van der Waals surface area contributed by atoms with Gasteiger partial charge < -0.3 is 0 Å². The van der Waals surface area contributed by atoms with Crippen molar-refractivity contribution in [3.8, 4) is 0 Å². The molecule has 0 aliphatic heterocycles. The van der Waals surface area contributed by atoms with Crippen LogP contribution in [0, 0.1) is 0 Å². The van der Waals surface area contributed by atoms with Crippen LogP contribution in [0.3, 0.4) is 0 Å². The molecule has 112 valence electrons. The standard InChI is InChI=1S/C19H18OS2/c20-17(9-7-15-21-18-11-3-1-4-12-18)10-8-16-22-19-13-5-2-6-14-19/h1-8,11-16H,9-10H2. The molecule has 1 nitrogen and oxygen atoms in total. The van der Waals surface area contributed by atoms with Gasteiger partial charge in [-0.3, -0.25) is 4.79 Å². The number of ketones is 1. The van der Waals surface area contributed by atoms with Crippen LogP contribution in [-0.4, -0.2) is 5.78 Å². The summed E-state index contributed by atoms with van der Waals surface area (Å²) in [5, 5.41) is 3.96. The molecule has 3 heteroatoms. The first kappa shape index (κ1) is 16.7. The molecule has 0 atom stereocenters. The number of benzene rings is 2. The summed E-state index contributed by atoms with van der Waals surface area (Å²) in [5.41, 5.74) is 0. The van der Waals surface area contributed by atoms with Gasteiger partial charge in [-0.2, -0.15) is 0 Å². The van der Waals surface area contributed by atoms with Crippen molar-refractivity contribution in [3.05, 3.63) is 83.6 Å². The van der Waals surface area contributed by atoms with E-state index in [1.54, 1.807) is 23.5 Å². The lowest BCUT2D eigenvalue weighted by Gasteiger charge is -1.95. The lowest BCUT2D eigenvalue weighted by Crippen LogP contribution is -1.91.